The van der Waals surface area contributed by atoms with Gasteiger partial charge in [0.25, 0.3) is 0 Å². The summed E-state index contributed by atoms with van der Waals surface area (Å²) in [5.41, 5.74) is 2.02. The van der Waals surface area contributed by atoms with Crippen molar-refractivity contribution in [3.8, 4) is 11.5 Å². The van der Waals surface area contributed by atoms with Crippen LogP contribution in [0.2, 0.25) is 0 Å². The lowest BCUT2D eigenvalue weighted by Crippen LogP contribution is -2.38. The highest BCUT2D eigenvalue weighted by atomic mass is 16.6. The summed E-state index contributed by atoms with van der Waals surface area (Å²) in [7, 11) is 0. The van der Waals surface area contributed by atoms with Gasteiger partial charge in [0.2, 0.25) is 5.91 Å². The molecule has 6 heteroatoms. The second kappa shape index (κ2) is 8.03. The van der Waals surface area contributed by atoms with Crippen molar-refractivity contribution in [2.75, 3.05) is 26.3 Å². The maximum atomic E-state index is 12.8. The first-order valence-electron chi connectivity index (χ1n) is 10.6. The van der Waals surface area contributed by atoms with Crippen molar-refractivity contribution in [2.24, 2.45) is 0 Å². The van der Waals surface area contributed by atoms with E-state index in [1.54, 1.807) is 0 Å². The highest BCUT2D eigenvalue weighted by Gasteiger charge is 2.29. The molecule has 2 atom stereocenters. The number of carbonyl (C=O) groups excluding carboxylic acids is 1. The van der Waals surface area contributed by atoms with Crippen LogP contribution in [0.3, 0.4) is 0 Å². The summed E-state index contributed by atoms with van der Waals surface area (Å²) < 4.78 is 17.3. The van der Waals surface area contributed by atoms with E-state index in [1.807, 2.05) is 43.3 Å². The van der Waals surface area contributed by atoms with Gasteiger partial charge in [-0.05, 0) is 56.1 Å². The number of furan rings is 1. The number of fused-ring (bicyclic) bond motifs is 2. The summed E-state index contributed by atoms with van der Waals surface area (Å²) in [6.45, 7) is 4.39. The average molecular weight is 406 g/mol. The molecule has 5 rings (SSSR count). The van der Waals surface area contributed by atoms with Crippen molar-refractivity contribution >= 4 is 16.9 Å². The van der Waals surface area contributed by atoms with Gasteiger partial charge in [-0.25, -0.2) is 0 Å². The zero-order valence-electron chi connectivity index (χ0n) is 17.1. The first kappa shape index (κ1) is 19.0. The third kappa shape index (κ3) is 3.75. The molecular weight excluding hydrogens is 380 g/mol. The van der Waals surface area contributed by atoms with E-state index in [0.29, 0.717) is 19.8 Å². The molecule has 0 bridgehead atoms. The van der Waals surface area contributed by atoms with Crippen LogP contribution >= 0.6 is 0 Å². The molecule has 2 unspecified atom stereocenters. The van der Waals surface area contributed by atoms with Gasteiger partial charge >= 0.3 is 0 Å². The Morgan fingerprint density at radius 2 is 1.97 bits per heavy atom. The maximum Gasteiger partial charge on any atom is 0.234 e. The fourth-order valence-electron chi connectivity index (χ4n) is 4.42. The smallest absolute Gasteiger partial charge is 0.234 e. The Bertz CT molecular complexity index is 1030. The normalized spacial score (nSPS) is 19.7. The zero-order valence-corrected chi connectivity index (χ0v) is 17.1. The lowest BCUT2D eigenvalue weighted by Gasteiger charge is -2.26. The van der Waals surface area contributed by atoms with Gasteiger partial charge in [-0.15, -0.1) is 0 Å². The van der Waals surface area contributed by atoms with Crippen molar-refractivity contribution < 1.29 is 18.7 Å². The Balaban J connectivity index is 1.24. The topological polar surface area (TPSA) is 63.9 Å². The van der Waals surface area contributed by atoms with Crippen LogP contribution in [0.1, 0.15) is 43.2 Å². The average Bonchev–Trinajstić information content (AvgIpc) is 3.40. The monoisotopic (exact) mass is 406 g/mol. The molecule has 2 aliphatic heterocycles. The fourth-order valence-corrected chi connectivity index (χ4v) is 4.42. The number of likely N-dealkylation sites (tertiary alicyclic amines) is 1. The SMILES string of the molecule is CC(NC(=O)CN1CCCC1c1ccc2c(c1)OCCO2)c1cc2ccccc2o1. The molecule has 0 aliphatic carbocycles. The standard InChI is InChI=1S/C24H26N2O4/c1-16(22-14-18-5-2-3-7-20(18)30-22)25-24(27)15-26-10-4-6-19(26)17-8-9-21-23(13-17)29-12-11-28-21/h2-3,5,7-9,13-14,16,19H,4,6,10-12,15H2,1H3,(H,25,27). The molecule has 1 amide bonds. The van der Waals surface area contributed by atoms with Crippen LogP contribution < -0.4 is 14.8 Å². The molecule has 3 aromatic rings. The summed E-state index contributed by atoms with van der Waals surface area (Å²) in [6.07, 6.45) is 2.11. The van der Waals surface area contributed by atoms with Crippen molar-refractivity contribution in [1.29, 1.82) is 0 Å². The molecule has 1 N–H and O–H groups in total. The van der Waals surface area contributed by atoms with Crippen LogP contribution in [0.25, 0.3) is 11.0 Å². The molecule has 1 saturated heterocycles. The minimum Gasteiger partial charge on any atom is -0.486 e. The Morgan fingerprint density at radius 1 is 1.13 bits per heavy atom. The fraction of sp³-hybridized carbons (Fsp3) is 0.375. The van der Waals surface area contributed by atoms with Crippen molar-refractivity contribution in [3.63, 3.8) is 0 Å². The van der Waals surface area contributed by atoms with Gasteiger partial charge in [0.1, 0.15) is 24.6 Å². The van der Waals surface area contributed by atoms with Gasteiger partial charge in [-0.2, -0.15) is 0 Å². The molecule has 1 fully saturated rings. The van der Waals surface area contributed by atoms with E-state index in [9.17, 15) is 4.79 Å². The minimum atomic E-state index is -0.180. The van der Waals surface area contributed by atoms with Gasteiger partial charge in [0, 0.05) is 11.4 Å². The van der Waals surface area contributed by atoms with E-state index >= 15 is 0 Å². The van der Waals surface area contributed by atoms with Crippen LogP contribution in [0, 0.1) is 0 Å². The Morgan fingerprint density at radius 3 is 2.83 bits per heavy atom. The first-order chi connectivity index (χ1) is 14.7. The molecule has 1 aromatic heterocycles. The van der Waals surface area contributed by atoms with E-state index < -0.39 is 0 Å². The third-order valence-corrected chi connectivity index (χ3v) is 5.91. The van der Waals surface area contributed by atoms with Gasteiger partial charge in [-0.1, -0.05) is 24.3 Å². The number of carbonyl (C=O) groups is 1. The van der Waals surface area contributed by atoms with Crippen LogP contribution in [0.4, 0.5) is 0 Å². The number of nitrogens with one attached hydrogen (secondary N) is 1. The Kier molecular flexibility index (Phi) is 5.09. The zero-order chi connectivity index (χ0) is 20.5. The molecule has 0 saturated carbocycles. The van der Waals surface area contributed by atoms with E-state index in [2.05, 4.69) is 22.3 Å². The minimum absolute atomic E-state index is 0.00685. The van der Waals surface area contributed by atoms with E-state index in [1.165, 1.54) is 5.56 Å². The number of rotatable bonds is 5. The number of benzene rings is 2. The summed E-state index contributed by atoms with van der Waals surface area (Å²) >= 11 is 0. The summed E-state index contributed by atoms with van der Waals surface area (Å²) in [6, 6.07) is 16.0. The van der Waals surface area contributed by atoms with Crippen LogP contribution in [-0.2, 0) is 4.79 Å². The lowest BCUT2D eigenvalue weighted by molar-refractivity contribution is -0.123. The summed E-state index contributed by atoms with van der Waals surface area (Å²) in [5.74, 6) is 2.38. The Labute approximate surface area is 175 Å². The van der Waals surface area contributed by atoms with E-state index in [-0.39, 0.29) is 18.0 Å². The summed E-state index contributed by atoms with van der Waals surface area (Å²) in [5, 5.41) is 4.13. The highest BCUT2D eigenvalue weighted by molar-refractivity contribution is 5.80. The van der Waals surface area contributed by atoms with Gasteiger partial charge in [0.05, 0.1) is 12.6 Å². The molecule has 0 spiro atoms. The molecule has 6 nitrogen and oxygen atoms in total. The molecular formula is C24H26N2O4. The van der Waals surface area contributed by atoms with E-state index in [0.717, 1.165) is 47.6 Å². The number of amides is 1. The number of ether oxygens (including phenoxy) is 2. The lowest BCUT2D eigenvalue weighted by atomic mass is 10.0. The molecule has 30 heavy (non-hydrogen) atoms. The summed E-state index contributed by atoms with van der Waals surface area (Å²) in [4.78, 5) is 15.0. The van der Waals surface area contributed by atoms with Crippen molar-refractivity contribution in [1.82, 2.24) is 10.2 Å². The van der Waals surface area contributed by atoms with E-state index in [4.69, 9.17) is 13.9 Å². The first-order valence-corrected chi connectivity index (χ1v) is 10.6. The van der Waals surface area contributed by atoms with Gasteiger partial charge < -0.3 is 19.2 Å². The Hall–Kier alpha value is -2.99. The van der Waals surface area contributed by atoms with Crippen LogP contribution in [0.5, 0.6) is 11.5 Å². The predicted molar refractivity (Wildman–Crippen MR) is 114 cm³/mol. The second-order valence-corrected chi connectivity index (χ2v) is 8.01. The molecule has 2 aliphatic rings. The van der Waals surface area contributed by atoms with Gasteiger partial charge in [0.15, 0.2) is 11.5 Å². The largest absolute Gasteiger partial charge is 0.486 e. The van der Waals surface area contributed by atoms with Crippen LogP contribution in [-0.4, -0.2) is 37.1 Å². The number of hydrogen-bond donors (Lipinski definition) is 1. The third-order valence-electron chi connectivity index (χ3n) is 5.91. The van der Waals surface area contributed by atoms with Crippen molar-refractivity contribution in [2.45, 2.75) is 31.8 Å². The second-order valence-electron chi connectivity index (χ2n) is 8.01. The van der Waals surface area contributed by atoms with Gasteiger partial charge in [-0.3, -0.25) is 9.69 Å². The molecule has 0 radical (unpaired) electrons. The number of para-hydroxylation sites is 1. The number of nitrogens with zero attached hydrogens (tertiary/aromatic N) is 1. The molecule has 3 heterocycles. The van der Waals surface area contributed by atoms with Crippen LogP contribution in [0.15, 0.2) is 52.9 Å². The number of hydrogen-bond acceptors (Lipinski definition) is 5. The molecule has 2 aromatic carbocycles. The molecule has 156 valence electrons. The maximum absolute atomic E-state index is 12.8. The predicted octanol–water partition coefficient (Wildman–Crippen LogP) is 4.22. The quantitative estimate of drug-likeness (QED) is 0.687. The van der Waals surface area contributed by atoms with Crippen molar-refractivity contribution in [3.05, 3.63) is 59.9 Å². The highest BCUT2D eigenvalue weighted by Crippen LogP contribution is 2.38.